The van der Waals surface area contributed by atoms with Gasteiger partial charge in [-0.25, -0.2) is 0 Å². The van der Waals surface area contributed by atoms with Crippen LogP contribution in [-0.4, -0.2) is 23.3 Å². The molecular weight excluding hydrogens is 314 g/mol. The van der Waals surface area contributed by atoms with E-state index in [1.807, 2.05) is 25.1 Å². The standard InChI is InChI=1S/C20H25N3O2/c1-4-11-22-19(24)16-10-12-21-17(13-16)20(25)23-18-14(5-2)8-7-9-15(18)6-3/h7-10,12-13H,4-6,11H2,1-3H3,(H,22,24)(H,23,25). The normalized spacial score (nSPS) is 10.4. The Morgan fingerprint density at radius 1 is 1.00 bits per heavy atom. The molecule has 2 aromatic rings. The molecule has 0 atom stereocenters. The lowest BCUT2D eigenvalue weighted by atomic mass is 10.0. The number of carbonyl (C=O) groups excluding carboxylic acids is 2. The largest absolute Gasteiger partial charge is 0.352 e. The van der Waals surface area contributed by atoms with E-state index < -0.39 is 0 Å². The molecule has 5 heteroatoms. The molecule has 0 unspecified atom stereocenters. The van der Waals surface area contributed by atoms with Gasteiger partial charge in [-0.2, -0.15) is 0 Å². The van der Waals surface area contributed by atoms with Crippen molar-refractivity contribution in [1.82, 2.24) is 10.3 Å². The zero-order valence-electron chi connectivity index (χ0n) is 15.1. The van der Waals surface area contributed by atoms with Crippen LogP contribution in [0.15, 0.2) is 36.5 Å². The van der Waals surface area contributed by atoms with Crippen LogP contribution in [0.5, 0.6) is 0 Å². The summed E-state index contributed by atoms with van der Waals surface area (Å²) in [7, 11) is 0. The van der Waals surface area contributed by atoms with Crippen molar-refractivity contribution in [1.29, 1.82) is 0 Å². The third kappa shape index (κ3) is 4.66. The lowest BCUT2D eigenvalue weighted by Gasteiger charge is -2.14. The predicted octanol–water partition coefficient (Wildman–Crippen LogP) is 3.60. The van der Waals surface area contributed by atoms with Gasteiger partial charge in [0.05, 0.1) is 0 Å². The van der Waals surface area contributed by atoms with Crippen molar-refractivity contribution in [2.45, 2.75) is 40.0 Å². The van der Waals surface area contributed by atoms with Crippen LogP contribution in [0.2, 0.25) is 0 Å². The molecule has 2 amide bonds. The minimum atomic E-state index is -0.305. The number of aryl methyl sites for hydroxylation is 2. The summed E-state index contributed by atoms with van der Waals surface area (Å²) in [5, 5.41) is 5.78. The zero-order valence-corrected chi connectivity index (χ0v) is 15.1. The molecule has 2 N–H and O–H groups in total. The molecule has 0 bridgehead atoms. The summed E-state index contributed by atoms with van der Waals surface area (Å²) in [6.45, 7) is 6.71. The number of amides is 2. The van der Waals surface area contributed by atoms with Crippen molar-refractivity contribution in [2.75, 3.05) is 11.9 Å². The molecule has 0 radical (unpaired) electrons. The van der Waals surface area contributed by atoms with Crippen LogP contribution in [0, 0.1) is 0 Å². The van der Waals surface area contributed by atoms with E-state index in [-0.39, 0.29) is 17.5 Å². The van der Waals surface area contributed by atoms with Crippen molar-refractivity contribution in [3.05, 3.63) is 58.9 Å². The lowest BCUT2D eigenvalue weighted by Crippen LogP contribution is -2.25. The highest BCUT2D eigenvalue weighted by Gasteiger charge is 2.15. The Hall–Kier alpha value is -2.69. The van der Waals surface area contributed by atoms with Crippen molar-refractivity contribution in [3.63, 3.8) is 0 Å². The van der Waals surface area contributed by atoms with Gasteiger partial charge in [0.1, 0.15) is 5.69 Å². The Morgan fingerprint density at radius 2 is 1.68 bits per heavy atom. The Kier molecular flexibility index (Phi) is 6.69. The van der Waals surface area contributed by atoms with E-state index in [0.29, 0.717) is 12.1 Å². The number of aromatic nitrogens is 1. The number of hydrogen-bond donors (Lipinski definition) is 2. The van der Waals surface area contributed by atoms with Gasteiger partial charge in [0.15, 0.2) is 0 Å². The van der Waals surface area contributed by atoms with E-state index in [4.69, 9.17) is 0 Å². The molecule has 0 saturated carbocycles. The number of carbonyl (C=O) groups is 2. The number of rotatable bonds is 7. The minimum absolute atomic E-state index is 0.193. The highest BCUT2D eigenvalue weighted by molar-refractivity contribution is 6.05. The van der Waals surface area contributed by atoms with Crippen LogP contribution in [0.3, 0.4) is 0 Å². The molecule has 5 nitrogen and oxygen atoms in total. The highest BCUT2D eigenvalue weighted by Crippen LogP contribution is 2.23. The van der Waals surface area contributed by atoms with Gasteiger partial charge in [-0.3, -0.25) is 14.6 Å². The summed E-state index contributed by atoms with van der Waals surface area (Å²) in [4.78, 5) is 28.8. The number of hydrogen-bond acceptors (Lipinski definition) is 3. The maximum atomic E-state index is 12.6. The average molecular weight is 339 g/mol. The first-order valence-electron chi connectivity index (χ1n) is 8.77. The van der Waals surface area contributed by atoms with E-state index in [0.717, 1.165) is 36.1 Å². The summed E-state index contributed by atoms with van der Waals surface area (Å²) >= 11 is 0. The van der Waals surface area contributed by atoms with E-state index in [1.54, 1.807) is 6.07 Å². The minimum Gasteiger partial charge on any atom is -0.352 e. The first-order valence-corrected chi connectivity index (χ1v) is 8.77. The lowest BCUT2D eigenvalue weighted by molar-refractivity contribution is 0.0953. The SMILES string of the molecule is CCCNC(=O)c1ccnc(C(=O)Nc2c(CC)cccc2CC)c1. The van der Waals surface area contributed by atoms with Gasteiger partial charge in [-0.15, -0.1) is 0 Å². The third-order valence-electron chi connectivity index (χ3n) is 4.03. The summed E-state index contributed by atoms with van der Waals surface area (Å²) in [6.07, 6.45) is 4.01. The third-order valence-corrected chi connectivity index (χ3v) is 4.03. The van der Waals surface area contributed by atoms with Crippen molar-refractivity contribution in [3.8, 4) is 0 Å². The van der Waals surface area contributed by atoms with Gasteiger partial charge in [-0.05, 0) is 42.5 Å². The molecular formula is C20H25N3O2. The first kappa shape index (κ1) is 18.6. The topological polar surface area (TPSA) is 71.1 Å². The van der Waals surface area contributed by atoms with Gasteiger partial charge in [-0.1, -0.05) is 39.0 Å². The van der Waals surface area contributed by atoms with Crippen molar-refractivity contribution in [2.24, 2.45) is 0 Å². The van der Waals surface area contributed by atoms with Crippen LogP contribution in [0.1, 0.15) is 59.2 Å². The molecule has 1 aromatic heterocycles. The van der Waals surface area contributed by atoms with Crippen LogP contribution in [0.4, 0.5) is 5.69 Å². The number of nitrogens with one attached hydrogen (secondary N) is 2. The van der Waals surface area contributed by atoms with Gasteiger partial charge < -0.3 is 10.6 Å². The van der Waals surface area contributed by atoms with Crippen molar-refractivity contribution < 1.29 is 9.59 Å². The molecule has 1 heterocycles. The summed E-state index contributed by atoms with van der Waals surface area (Å²) < 4.78 is 0. The first-order chi connectivity index (χ1) is 12.1. The molecule has 0 aliphatic carbocycles. The summed E-state index contributed by atoms with van der Waals surface area (Å²) in [5.74, 6) is -0.498. The fraction of sp³-hybridized carbons (Fsp3) is 0.350. The average Bonchev–Trinajstić information content (AvgIpc) is 2.66. The Balaban J connectivity index is 2.23. The molecule has 1 aromatic carbocycles. The van der Waals surface area contributed by atoms with Crippen LogP contribution in [-0.2, 0) is 12.8 Å². The molecule has 0 saturated heterocycles. The quantitative estimate of drug-likeness (QED) is 0.809. The van der Waals surface area contributed by atoms with Gasteiger partial charge in [0, 0.05) is 24.0 Å². The monoisotopic (exact) mass is 339 g/mol. The maximum Gasteiger partial charge on any atom is 0.274 e. The summed E-state index contributed by atoms with van der Waals surface area (Å²) in [5.41, 5.74) is 3.69. The zero-order chi connectivity index (χ0) is 18.2. The van der Waals surface area contributed by atoms with E-state index in [9.17, 15) is 9.59 Å². The van der Waals surface area contributed by atoms with Crippen LogP contribution < -0.4 is 10.6 Å². The maximum absolute atomic E-state index is 12.6. The van der Waals surface area contributed by atoms with Gasteiger partial charge >= 0.3 is 0 Å². The van der Waals surface area contributed by atoms with Gasteiger partial charge in [0.25, 0.3) is 11.8 Å². The fourth-order valence-electron chi connectivity index (χ4n) is 2.62. The smallest absolute Gasteiger partial charge is 0.274 e. The fourth-order valence-corrected chi connectivity index (χ4v) is 2.62. The Bertz CT molecular complexity index is 734. The predicted molar refractivity (Wildman–Crippen MR) is 100 cm³/mol. The van der Waals surface area contributed by atoms with E-state index in [2.05, 4.69) is 29.5 Å². The number of pyridine rings is 1. The van der Waals surface area contributed by atoms with Crippen LogP contribution >= 0.6 is 0 Å². The van der Waals surface area contributed by atoms with Gasteiger partial charge in [0.2, 0.25) is 0 Å². The molecule has 0 fully saturated rings. The molecule has 0 aliphatic heterocycles. The second kappa shape index (κ2) is 8.97. The summed E-state index contributed by atoms with van der Waals surface area (Å²) in [6, 6.07) is 9.16. The van der Waals surface area contributed by atoms with Crippen molar-refractivity contribution >= 4 is 17.5 Å². The molecule has 132 valence electrons. The molecule has 0 spiro atoms. The van der Waals surface area contributed by atoms with E-state index >= 15 is 0 Å². The highest BCUT2D eigenvalue weighted by atomic mass is 16.2. The second-order valence-electron chi connectivity index (χ2n) is 5.80. The van der Waals surface area contributed by atoms with Crippen LogP contribution in [0.25, 0.3) is 0 Å². The Morgan fingerprint density at radius 3 is 2.28 bits per heavy atom. The number of nitrogens with zero attached hydrogens (tertiary/aromatic N) is 1. The number of benzene rings is 1. The molecule has 25 heavy (non-hydrogen) atoms. The number of para-hydroxylation sites is 1. The molecule has 0 aliphatic rings. The second-order valence-corrected chi connectivity index (χ2v) is 5.80. The molecule has 2 rings (SSSR count). The van der Waals surface area contributed by atoms with E-state index in [1.165, 1.54) is 12.3 Å². The Labute approximate surface area is 148 Å². The number of anilines is 1.